The summed E-state index contributed by atoms with van der Waals surface area (Å²) in [6, 6.07) is 20.9. The lowest BCUT2D eigenvalue weighted by Gasteiger charge is -2.08. The second-order valence-electron chi connectivity index (χ2n) is 6.42. The van der Waals surface area contributed by atoms with Crippen molar-refractivity contribution in [1.29, 1.82) is 0 Å². The van der Waals surface area contributed by atoms with Crippen molar-refractivity contribution in [2.45, 2.75) is 6.54 Å². The number of carbonyl (C=O) groups excluding carboxylic acids is 2. The zero-order valence-electron chi connectivity index (χ0n) is 15.7. The van der Waals surface area contributed by atoms with Gasteiger partial charge in [-0.3, -0.25) is 4.79 Å². The highest BCUT2D eigenvalue weighted by atomic mass is 79.9. The summed E-state index contributed by atoms with van der Waals surface area (Å²) in [5.41, 5.74) is 3.11. The summed E-state index contributed by atoms with van der Waals surface area (Å²) in [4.78, 5) is 28.8. The van der Waals surface area contributed by atoms with Gasteiger partial charge in [-0.25, -0.2) is 9.78 Å². The van der Waals surface area contributed by atoms with Crippen molar-refractivity contribution in [1.82, 2.24) is 10.3 Å². The van der Waals surface area contributed by atoms with E-state index in [-0.39, 0.29) is 18.5 Å². The minimum absolute atomic E-state index is 0.171. The molecule has 8 heteroatoms. The molecule has 0 fully saturated rings. The highest BCUT2D eigenvalue weighted by molar-refractivity contribution is 9.10. The maximum Gasteiger partial charge on any atom is 0.323 e. The van der Waals surface area contributed by atoms with Crippen LogP contribution in [0.3, 0.4) is 0 Å². The van der Waals surface area contributed by atoms with Crippen LogP contribution >= 0.6 is 15.9 Å². The van der Waals surface area contributed by atoms with Gasteiger partial charge in [-0.15, -0.1) is 0 Å². The largest absolute Gasteiger partial charge is 0.439 e. The zero-order valence-corrected chi connectivity index (χ0v) is 17.3. The Morgan fingerprint density at radius 2 is 1.60 bits per heavy atom. The van der Waals surface area contributed by atoms with Crippen LogP contribution in [-0.2, 0) is 6.54 Å². The van der Waals surface area contributed by atoms with Gasteiger partial charge < -0.3 is 20.4 Å². The van der Waals surface area contributed by atoms with E-state index in [1.165, 1.54) is 0 Å². The minimum atomic E-state index is -0.360. The van der Waals surface area contributed by atoms with E-state index in [1.54, 1.807) is 36.4 Å². The number of oxazole rings is 1. The molecule has 3 aromatic carbocycles. The first-order valence-corrected chi connectivity index (χ1v) is 9.92. The van der Waals surface area contributed by atoms with Gasteiger partial charge in [0.25, 0.3) is 5.91 Å². The Labute approximate surface area is 180 Å². The monoisotopic (exact) mass is 464 g/mol. The molecule has 0 saturated heterocycles. The Morgan fingerprint density at radius 3 is 2.33 bits per heavy atom. The quantitative estimate of drug-likeness (QED) is 0.379. The van der Waals surface area contributed by atoms with Gasteiger partial charge in [-0.05, 0) is 54.6 Å². The van der Waals surface area contributed by atoms with Crippen LogP contribution in [0.5, 0.6) is 0 Å². The lowest BCUT2D eigenvalue weighted by molar-refractivity contribution is 0.0947. The summed E-state index contributed by atoms with van der Waals surface area (Å²) >= 11 is 3.39. The number of hydrogen-bond acceptors (Lipinski definition) is 4. The van der Waals surface area contributed by atoms with Crippen LogP contribution in [0, 0.1) is 0 Å². The first kappa shape index (κ1) is 19.7. The number of benzene rings is 3. The topological polar surface area (TPSA) is 96.3 Å². The summed E-state index contributed by atoms with van der Waals surface area (Å²) in [6.07, 6.45) is 0. The van der Waals surface area contributed by atoms with E-state index in [1.807, 2.05) is 36.4 Å². The number of anilines is 2. The highest BCUT2D eigenvalue weighted by Crippen LogP contribution is 2.20. The molecule has 0 bridgehead atoms. The Morgan fingerprint density at radius 1 is 0.900 bits per heavy atom. The van der Waals surface area contributed by atoms with Crippen LogP contribution in [0.4, 0.5) is 16.2 Å². The van der Waals surface area contributed by atoms with Gasteiger partial charge in [-0.2, -0.15) is 0 Å². The van der Waals surface area contributed by atoms with Crippen molar-refractivity contribution in [3.63, 3.8) is 0 Å². The third-order valence-corrected chi connectivity index (χ3v) is 4.72. The van der Waals surface area contributed by atoms with Gasteiger partial charge >= 0.3 is 6.03 Å². The number of nitrogens with one attached hydrogen (secondary N) is 3. The second-order valence-corrected chi connectivity index (χ2v) is 7.34. The summed E-state index contributed by atoms with van der Waals surface area (Å²) in [5, 5.41) is 8.23. The Balaban J connectivity index is 1.32. The lowest BCUT2D eigenvalue weighted by Crippen LogP contribution is -2.23. The summed E-state index contributed by atoms with van der Waals surface area (Å²) in [5.74, 6) is 0.158. The molecule has 0 radical (unpaired) electrons. The SMILES string of the molecule is O=C(Nc1ccccc1)Nc1ccc(C(=O)NCc2nc3cc(Br)ccc3o2)cc1. The maximum atomic E-state index is 12.4. The molecule has 0 aliphatic heterocycles. The number of amides is 3. The molecule has 0 aliphatic carbocycles. The number of carbonyl (C=O) groups is 2. The average molecular weight is 465 g/mol. The van der Waals surface area contributed by atoms with Crippen molar-refractivity contribution in [3.8, 4) is 0 Å². The Bertz CT molecular complexity index is 1190. The van der Waals surface area contributed by atoms with Gasteiger partial charge in [0.2, 0.25) is 5.89 Å². The van der Waals surface area contributed by atoms with Crippen LogP contribution in [0.15, 0.2) is 81.7 Å². The Kier molecular flexibility index (Phi) is 5.76. The fourth-order valence-electron chi connectivity index (χ4n) is 2.80. The third kappa shape index (κ3) is 4.84. The van der Waals surface area contributed by atoms with E-state index in [9.17, 15) is 9.59 Å². The molecule has 1 aromatic heterocycles. The van der Waals surface area contributed by atoms with E-state index in [0.29, 0.717) is 28.4 Å². The first-order chi connectivity index (χ1) is 14.6. The number of hydrogen-bond donors (Lipinski definition) is 3. The fraction of sp³-hybridized carbons (Fsp3) is 0.0455. The summed E-state index contributed by atoms with van der Waals surface area (Å²) in [7, 11) is 0. The number of nitrogens with zero attached hydrogens (tertiary/aromatic N) is 1. The number of fused-ring (bicyclic) bond motifs is 1. The zero-order chi connectivity index (χ0) is 20.9. The van der Waals surface area contributed by atoms with Gasteiger partial charge in [0.05, 0.1) is 6.54 Å². The van der Waals surface area contributed by atoms with Gasteiger partial charge in [0.1, 0.15) is 5.52 Å². The molecule has 4 rings (SSSR count). The lowest BCUT2D eigenvalue weighted by atomic mass is 10.2. The predicted octanol–water partition coefficient (Wildman–Crippen LogP) is 5.16. The van der Waals surface area contributed by atoms with Gasteiger partial charge in [-0.1, -0.05) is 34.1 Å². The van der Waals surface area contributed by atoms with E-state index in [0.717, 1.165) is 9.99 Å². The summed E-state index contributed by atoms with van der Waals surface area (Å²) in [6.45, 7) is 0.171. The molecule has 3 amide bonds. The molecule has 1 heterocycles. The molecule has 7 nitrogen and oxygen atoms in total. The minimum Gasteiger partial charge on any atom is -0.439 e. The van der Waals surface area contributed by atoms with Crippen molar-refractivity contribution >= 4 is 50.3 Å². The smallest absolute Gasteiger partial charge is 0.323 e. The molecular weight excluding hydrogens is 448 g/mol. The molecule has 4 aromatic rings. The molecule has 3 N–H and O–H groups in total. The highest BCUT2D eigenvalue weighted by Gasteiger charge is 2.10. The normalized spacial score (nSPS) is 10.6. The van der Waals surface area contributed by atoms with Crippen LogP contribution in [-0.4, -0.2) is 16.9 Å². The van der Waals surface area contributed by atoms with Crippen molar-refractivity contribution in [2.24, 2.45) is 0 Å². The number of halogens is 1. The predicted molar refractivity (Wildman–Crippen MR) is 118 cm³/mol. The van der Waals surface area contributed by atoms with Crippen LogP contribution in [0.2, 0.25) is 0 Å². The molecule has 30 heavy (non-hydrogen) atoms. The van der Waals surface area contributed by atoms with Crippen LogP contribution in [0.1, 0.15) is 16.2 Å². The van der Waals surface area contributed by atoms with Crippen LogP contribution in [0.25, 0.3) is 11.1 Å². The van der Waals surface area contributed by atoms with E-state index in [2.05, 4.69) is 36.9 Å². The van der Waals surface area contributed by atoms with E-state index < -0.39 is 0 Å². The van der Waals surface area contributed by atoms with Crippen molar-refractivity contribution in [2.75, 3.05) is 10.6 Å². The second kappa shape index (κ2) is 8.79. The molecule has 0 aliphatic rings. The molecule has 0 spiro atoms. The molecule has 0 atom stereocenters. The summed E-state index contributed by atoms with van der Waals surface area (Å²) < 4.78 is 6.53. The molecule has 0 saturated carbocycles. The molecular formula is C22H17BrN4O3. The maximum absolute atomic E-state index is 12.4. The number of urea groups is 1. The first-order valence-electron chi connectivity index (χ1n) is 9.13. The average Bonchev–Trinajstić information content (AvgIpc) is 3.15. The number of aromatic nitrogens is 1. The van der Waals surface area contributed by atoms with Gasteiger partial charge in [0.15, 0.2) is 5.58 Å². The van der Waals surface area contributed by atoms with E-state index in [4.69, 9.17) is 4.42 Å². The standard InChI is InChI=1S/C22H17BrN4O3/c23-15-8-11-19-18(12-15)27-20(30-19)13-24-21(28)14-6-9-17(10-7-14)26-22(29)25-16-4-2-1-3-5-16/h1-12H,13H2,(H,24,28)(H2,25,26,29). The van der Waals surface area contributed by atoms with E-state index >= 15 is 0 Å². The van der Waals surface area contributed by atoms with Crippen molar-refractivity contribution < 1.29 is 14.0 Å². The number of para-hydroxylation sites is 1. The van der Waals surface area contributed by atoms with Crippen LogP contribution < -0.4 is 16.0 Å². The molecule has 150 valence electrons. The molecule has 0 unspecified atom stereocenters. The fourth-order valence-corrected chi connectivity index (χ4v) is 3.15. The number of rotatable bonds is 5. The van der Waals surface area contributed by atoms with Gasteiger partial charge in [0, 0.05) is 21.4 Å². The van der Waals surface area contributed by atoms with Crippen molar-refractivity contribution in [3.05, 3.63) is 88.7 Å². The Hall–Kier alpha value is -3.65. The third-order valence-electron chi connectivity index (χ3n) is 4.23.